The Balaban J connectivity index is 2.24. The van der Waals surface area contributed by atoms with Crippen molar-refractivity contribution in [2.24, 2.45) is 0 Å². The van der Waals surface area contributed by atoms with E-state index in [2.05, 4.69) is 21.2 Å². The van der Waals surface area contributed by atoms with Crippen molar-refractivity contribution in [3.8, 4) is 17.2 Å². The maximum atomic E-state index is 13.8. The number of amides is 1. The Labute approximate surface area is 147 Å². The van der Waals surface area contributed by atoms with Gasteiger partial charge in [-0.2, -0.15) is 0 Å². The van der Waals surface area contributed by atoms with Crippen molar-refractivity contribution in [1.82, 2.24) is 5.32 Å². The second kappa shape index (κ2) is 8.01. The van der Waals surface area contributed by atoms with Gasteiger partial charge in [-0.3, -0.25) is 4.79 Å². The topological polar surface area (TPSA) is 56.8 Å². The van der Waals surface area contributed by atoms with Crippen LogP contribution in [0.2, 0.25) is 0 Å². The summed E-state index contributed by atoms with van der Waals surface area (Å²) in [6.07, 6.45) is 0. The molecule has 0 radical (unpaired) electrons. The molecule has 0 heterocycles. The van der Waals surface area contributed by atoms with Crippen LogP contribution in [-0.4, -0.2) is 27.2 Å². The highest BCUT2D eigenvalue weighted by molar-refractivity contribution is 9.10. The minimum absolute atomic E-state index is 0.0433. The molecule has 0 aliphatic heterocycles. The van der Waals surface area contributed by atoms with E-state index in [4.69, 9.17) is 14.2 Å². The largest absolute Gasteiger partial charge is 0.496 e. The zero-order chi connectivity index (χ0) is 17.7. The van der Waals surface area contributed by atoms with Crippen LogP contribution in [0.25, 0.3) is 0 Å². The molecule has 0 unspecified atom stereocenters. The second-order valence-corrected chi connectivity index (χ2v) is 5.74. The first-order valence-electron chi connectivity index (χ1n) is 7.02. The number of carbonyl (C=O) groups excluding carboxylic acids is 1. The molecule has 0 aliphatic carbocycles. The average Bonchev–Trinajstić information content (AvgIpc) is 2.60. The van der Waals surface area contributed by atoms with Gasteiger partial charge < -0.3 is 19.5 Å². The predicted molar refractivity (Wildman–Crippen MR) is 91.4 cm³/mol. The summed E-state index contributed by atoms with van der Waals surface area (Å²) in [5, 5.41) is 2.67. The zero-order valence-corrected chi connectivity index (χ0v) is 15.1. The van der Waals surface area contributed by atoms with Crippen LogP contribution in [0.3, 0.4) is 0 Å². The number of hydrogen-bond donors (Lipinski definition) is 1. The standard InChI is InChI=1S/C17H17BrFNO4/c1-22-14-8-16(24-3)15(23-2)7-12(14)17(21)20-9-10-6-11(18)4-5-13(10)19/h4-8H,9H2,1-3H3,(H,20,21). The van der Waals surface area contributed by atoms with Gasteiger partial charge in [0.15, 0.2) is 11.5 Å². The van der Waals surface area contributed by atoms with E-state index in [1.807, 2.05) is 0 Å². The van der Waals surface area contributed by atoms with Gasteiger partial charge in [0.2, 0.25) is 0 Å². The van der Waals surface area contributed by atoms with Crippen molar-refractivity contribution >= 4 is 21.8 Å². The molecule has 1 N–H and O–H groups in total. The van der Waals surface area contributed by atoms with Crippen molar-refractivity contribution in [3.63, 3.8) is 0 Å². The van der Waals surface area contributed by atoms with Gasteiger partial charge >= 0.3 is 0 Å². The third-order valence-electron chi connectivity index (χ3n) is 3.40. The van der Waals surface area contributed by atoms with Crippen LogP contribution in [-0.2, 0) is 6.54 Å². The third-order valence-corrected chi connectivity index (χ3v) is 3.89. The number of ether oxygens (including phenoxy) is 3. The van der Waals surface area contributed by atoms with Crippen LogP contribution < -0.4 is 19.5 Å². The van der Waals surface area contributed by atoms with Gasteiger partial charge in [0, 0.05) is 28.7 Å². The molecule has 0 bridgehead atoms. The maximum absolute atomic E-state index is 13.8. The van der Waals surface area contributed by atoms with Crippen LogP contribution in [0.4, 0.5) is 4.39 Å². The molecule has 2 rings (SSSR count). The molecule has 0 atom stereocenters. The minimum Gasteiger partial charge on any atom is -0.496 e. The van der Waals surface area contributed by atoms with E-state index in [1.165, 1.54) is 33.5 Å². The number of rotatable bonds is 6. The lowest BCUT2D eigenvalue weighted by Crippen LogP contribution is -2.24. The molecule has 128 valence electrons. The summed E-state index contributed by atoms with van der Waals surface area (Å²) in [5.41, 5.74) is 0.641. The Hall–Kier alpha value is -2.28. The van der Waals surface area contributed by atoms with Gasteiger partial charge in [0.25, 0.3) is 5.91 Å². The zero-order valence-electron chi connectivity index (χ0n) is 13.5. The number of halogens is 2. The van der Waals surface area contributed by atoms with E-state index in [0.717, 1.165) is 4.47 Å². The molecule has 0 spiro atoms. The fourth-order valence-electron chi connectivity index (χ4n) is 2.16. The fraction of sp³-hybridized carbons (Fsp3) is 0.235. The highest BCUT2D eigenvalue weighted by Gasteiger charge is 2.18. The van der Waals surface area contributed by atoms with Crippen LogP contribution >= 0.6 is 15.9 Å². The summed E-state index contributed by atoms with van der Waals surface area (Å²) >= 11 is 3.28. The van der Waals surface area contributed by atoms with E-state index in [0.29, 0.717) is 22.8 Å². The second-order valence-electron chi connectivity index (χ2n) is 4.83. The average molecular weight is 398 g/mol. The summed E-state index contributed by atoms with van der Waals surface area (Å²) < 4.78 is 30.1. The molecule has 2 aromatic carbocycles. The maximum Gasteiger partial charge on any atom is 0.255 e. The van der Waals surface area contributed by atoms with E-state index in [-0.39, 0.29) is 12.1 Å². The lowest BCUT2D eigenvalue weighted by Gasteiger charge is -2.14. The monoisotopic (exact) mass is 397 g/mol. The molecule has 0 aromatic heterocycles. The Morgan fingerprint density at radius 3 is 2.29 bits per heavy atom. The Morgan fingerprint density at radius 1 is 1.04 bits per heavy atom. The molecule has 0 aliphatic rings. The van der Waals surface area contributed by atoms with Crippen molar-refractivity contribution in [1.29, 1.82) is 0 Å². The van der Waals surface area contributed by atoms with Gasteiger partial charge in [-0.15, -0.1) is 0 Å². The molecule has 2 aromatic rings. The Morgan fingerprint density at radius 2 is 1.67 bits per heavy atom. The third kappa shape index (κ3) is 3.97. The quantitative estimate of drug-likeness (QED) is 0.809. The van der Waals surface area contributed by atoms with Crippen molar-refractivity contribution < 1.29 is 23.4 Å². The van der Waals surface area contributed by atoms with Crippen LogP contribution in [0, 0.1) is 5.82 Å². The van der Waals surface area contributed by atoms with Gasteiger partial charge in [-0.1, -0.05) is 15.9 Å². The van der Waals surface area contributed by atoms with E-state index in [9.17, 15) is 9.18 Å². The first-order valence-corrected chi connectivity index (χ1v) is 7.81. The highest BCUT2D eigenvalue weighted by atomic mass is 79.9. The molecular weight excluding hydrogens is 381 g/mol. The SMILES string of the molecule is COc1cc(OC)c(C(=O)NCc2cc(Br)ccc2F)cc1OC. The van der Waals surface area contributed by atoms with E-state index >= 15 is 0 Å². The van der Waals surface area contributed by atoms with Crippen LogP contribution in [0.15, 0.2) is 34.8 Å². The normalized spacial score (nSPS) is 10.2. The van der Waals surface area contributed by atoms with Gasteiger partial charge in [0.1, 0.15) is 11.6 Å². The Kier molecular flexibility index (Phi) is 6.03. The molecule has 1 amide bonds. The first kappa shape index (κ1) is 18.1. The van der Waals surface area contributed by atoms with Crippen LogP contribution in [0.1, 0.15) is 15.9 Å². The number of benzene rings is 2. The summed E-state index contributed by atoms with van der Waals surface area (Å²) in [6, 6.07) is 7.62. The predicted octanol–water partition coefficient (Wildman–Crippen LogP) is 3.54. The molecule has 0 fully saturated rings. The molecule has 0 saturated heterocycles. The lowest BCUT2D eigenvalue weighted by molar-refractivity contribution is 0.0947. The number of methoxy groups -OCH3 is 3. The summed E-state index contributed by atoms with van der Waals surface area (Å²) in [5.74, 6) is 0.380. The van der Waals surface area contributed by atoms with Crippen molar-refractivity contribution in [2.75, 3.05) is 21.3 Å². The van der Waals surface area contributed by atoms with Crippen LogP contribution in [0.5, 0.6) is 17.2 Å². The highest BCUT2D eigenvalue weighted by Crippen LogP contribution is 2.34. The summed E-state index contributed by atoms with van der Waals surface area (Å²) in [7, 11) is 4.42. The van der Waals surface area contributed by atoms with Gasteiger partial charge in [-0.05, 0) is 18.2 Å². The first-order chi connectivity index (χ1) is 11.5. The molecular formula is C17H17BrFNO4. The molecule has 7 heteroatoms. The van der Waals surface area contributed by atoms with Crippen molar-refractivity contribution in [2.45, 2.75) is 6.54 Å². The van der Waals surface area contributed by atoms with E-state index < -0.39 is 11.7 Å². The van der Waals surface area contributed by atoms with E-state index in [1.54, 1.807) is 18.2 Å². The summed E-state index contributed by atoms with van der Waals surface area (Å²) in [6.45, 7) is 0.0433. The number of hydrogen-bond acceptors (Lipinski definition) is 4. The number of nitrogens with one attached hydrogen (secondary N) is 1. The smallest absolute Gasteiger partial charge is 0.255 e. The molecule has 5 nitrogen and oxygen atoms in total. The van der Waals surface area contributed by atoms with Crippen molar-refractivity contribution in [3.05, 3.63) is 51.7 Å². The minimum atomic E-state index is -0.410. The Bertz CT molecular complexity index is 752. The fourth-order valence-corrected chi connectivity index (χ4v) is 2.56. The molecule has 0 saturated carbocycles. The molecule has 24 heavy (non-hydrogen) atoms. The lowest BCUT2D eigenvalue weighted by atomic mass is 10.1. The number of carbonyl (C=O) groups is 1. The summed E-state index contributed by atoms with van der Waals surface area (Å²) in [4.78, 5) is 12.4. The van der Waals surface area contributed by atoms with Gasteiger partial charge in [0.05, 0.1) is 26.9 Å². The van der Waals surface area contributed by atoms with Gasteiger partial charge in [-0.25, -0.2) is 4.39 Å².